The largest absolute Gasteiger partial charge is 0.372 e. The van der Waals surface area contributed by atoms with Crippen molar-refractivity contribution in [1.29, 1.82) is 0 Å². The van der Waals surface area contributed by atoms with Gasteiger partial charge in [0, 0.05) is 19.0 Å². The second-order valence-electron chi connectivity index (χ2n) is 5.59. The lowest BCUT2D eigenvalue weighted by molar-refractivity contribution is -0.0585. The van der Waals surface area contributed by atoms with E-state index in [0.717, 1.165) is 15.6 Å². The Bertz CT molecular complexity index is 460. The highest BCUT2D eigenvalue weighted by Crippen LogP contribution is 2.26. The second kappa shape index (κ2) is 5.59. The van der Waals surface area contributed by atoms with Crippen molar-refractivity contribution in [3.8, 4) is 0 Å². The summed E-state index contributed by atoms with van der Waals surface area (Å²) in [5, 5.41) is 1.04. The van der Waals surface area contributed by atoms with Crippen LogP contribution in [0.15, 0.2) is 0 Å². The van der Waals surface area contributed by atoms with Crippen LogP contribution in [0, 0.1) is 6.92 Å². The van der Waals surface area contributed by atoms with E-state index in [-0.39, 0.29) is 18.1 Å². The normalized spacial score (nSPS) is 24.0. The van der Waals surface area contributed by atoms with Crippen molar-refractivity contribution >= 4 is 17.2 Å². The van der Waals surface area contributed by atoms with Crippen molar-refractivity contribution in [2.45, 2.75) is 52.7 Å². The smallest absolute Gasteiger partial charge is 0.266 e. The molecule has 0 aliphatic carbocycles. The molecule has 2 heterocycles. The fraction of sp³-hybridized carbons (Fsp3) is 0.714. The number of hydrogen-bond acceptors (Lipinski definition) is 4. The quantitative estimate of drug-likeness (QED) is 0.837. The lowest BCUT2D eigenvalue weighted by Crippen LogP contribution is -2.48. The molecule has 2 rings (SSSR count). The molecule has 1 aromatic heterocycles. The Kier molecular flexibility index (Phi) is 4.26. The van der Waals surface area contributed by atoms with Crippen LogP contribution >= 0.6 is 11.3 Å². The van der Waals surface area contributed by atoms with Gasteiger partial charge in [-0.1, -0.05) is 13.8 Å². The van der Waals surface area contributed by atoms with Crippen LogP contribution in [-0.4, -0.2) is 41.1 Å². The summed E-state index contributed by atoms with van der Waals surface area (Å²) < 4.78 is 5.67. The van der Waals surface area contributed by atoms with Gasteiger partial charge in [0.2, 0.25) is 0 Å². The summed E-state index contributed by atoms with van der Waals surface area (Å²) in [6.07, 6.45) is 0.205. The zero-order valence-electron chi connectivity index (χ0n) is 12.3. The summed E-state index contributed by atoms with van der Waals surface area (Å²) in [6.45, 7) is 11.5. The van der Waals surface area contributed by atoms with Crippen LogP contribution in [0.5, 0.6) is 0 Å². The first kappa shape index (κ1) is 14.5. The predicted molar refractivity (Wildman–Crippen MR) is 76.9 cm³/mol. The van der Waals surface area contributed by atoms with Crippen molar-refractivity contribution in [2.24, 2.45) is 0 Å². The number of hydrogen-bond donors (Lipinski definition) is 0. The van der Waals surface area contributed by atoms with Crippen LogP contribution in [0.25, 0.3) is 0 Å². The molecule has 0 aromatic carbocycles. The number of thiazole rings is 1. The van der Waals surface area contributed by atoms with E-state index in [1.54, 1.807) is 0 Å². The monoisotopic (exact) mass is 282 g/mol. The highest BCUT2D eigenvalue weighted by Gasteiger charge is 2.29. The maximum atomic E-state index is 12.6. The van der Waals surface area contributed by atoms with E-state index < -0.39 is 0 Å². The first-order valence-corrected chi connectivity index (χ1v) is 7.62. The van der Waals surface area contributed by atoms with E-state index in [0.29, 0.717) is 19.0 Å². The van der Waals surface area contributed by atoms with Crippen molar-refractivity contribution in [3.05, 3.63) is 15.6 Å². The van der Waals surface area contributed by atoms with Crippen LogP contribution in [0.3, 0.4) is 0 Å². The maximum absolute atomic E-state index is 12.6. The van der Waals surface area contributed by atoms with Gasteiger partial charge in [0.15, 0.2) is 0 Å². The van der Waals surface area contributed by atoms with Gasteiger partial charge in [-0.15, -0.1) is 11.3 Å². The number of morpholine rings is 1. The van der Waals surface area contributed by atoms with Gasteiger partial charge < -0.3 is 9.64 Å². The van der Waals surface area contributed by atoms with Crippen molar-refractivity contribution in [2.75, 3.05) is 13.1 Å². The Balaban J connectivity index is 2.19. The predicted octanol–water partition coefficient (Wildman–Crippen LogP) is 2.82. The number of nitrogens with zero attached hydrogens (tertiary/aromatic N) is 2. The highest BCUT2D eigenvalue weighted by molar-refractivity contribution is 7.13. The number of amides is 1. The average molecular weight is 282 g/mol. The number of rotatable bonds is 2. The molecule has 0 N–H and O–H groups in total. The van der Waals surface area contributed by atoms with Crippen LogP contribution in [0.4, 0.5) is 0 Å². The minimum Gasteiger partial charge on any atom is -0.372 e. The Morgan fingerprint density at radius 2 is 1.95 bits per heavy atom. The Morgan fingerprint density at radius 1 is 1.37 bits per heavy atom. The summed E-state index contributed by atoms with van der Waals surface area (Å²) in [6, 6.07) is 0. The Morgan fingerprint density at radius 3 is 2.42 bits per heavy atom. The number of aryl methyl sites for hydroxylation is 1. The van der Waals surface area contributed by atoms with Gasteiger partial charge in [-0.05, 0) is 20.8 Å². The standard InChI is InChI=1S/C14H22N2O2S/c1-8(2)13-15-11(5)12(19-13)14(17)16-6-9(3)18-10(4)7-16/h8-10H,6-7H2,1-5H3/t9-,10-/m1/s1. The minimum atomic E-state index is 0.101. The molecule has 0 bridgehead atoms. The molecule has 0 radical (unpaired) electrons. The molecule has 1 aliphatic heterocycles. The van der Waals surface area contributed by atoms with Crippen molar-refractivity contribution in [3.63, 3.8) is 0 Å². The summed E-state index contributed by atoms with van der Waals surface area (Å²) >= 11 is 1.53. The molecule has 5 heteroatoms. The number of aromatic nitrogens is 1. The van der Waals surface area contributed by atoms with E-state index in [1.165, 1.54) is 11.3 Å². The third kappa shape index (κ3) is 3.15. The summed E-state index contributed by atoms with van der Waals surface area (Å²) in [5.74, 6) is 0.469. The van der Waals surface area contributed by atoms with E-state index in [4.69, 9.17) is 4.74 Å². The molecule has 106 valence electrons. The first-order valence-electron chi connectivity index (χ1n) is 6.80. The fourth-order valence-corrected chi connectivity index (χ4v) is 3.39. The SMILES string of the molecule is Cc1nc(C(C)C)sc1C(=O)N1C[C@@H](C)O[C@H](C)C1. The topological polar surface area (TPSA) is 42.4 Å². The van der Waals surface area contributed by atoms with Gasteiger partial charge in [-0.25, -0.2) is 4.98 Å². The molecular weight excluding hydrogens is 260 g/mol. The fourth-order valence-electron chi connectivity index (χ4n) is 2.35. The second-order valence-corrected chi connectivity index (χ2v) is 6.62. The van der Waals surface area contributed by atoms with Crippen LogP contribution in [0.2, 0.25) is 0 Å². The lowest BCUT2D eigenvalue weighted by atomic mass is 10.2. The van der Waals surface area contributed by atoms with E-state index in [2.05, 4.69) is 18.8 Å². The summed E-state index contributed by atoms with van der Waals surface area (Å²) in [5.41, 5.74) is 0.852. The van der Waals surface area contributed by atoms with Gasteiger partial charge in [0.05, 0.1) is 22.9 Å². The molecule has 0 spiro atoms. The maximum Gasteiger partial charge on any atom is 0.266 e. The molecule has 0 unspecified atom stereocenters. The Labute approximate surface area is 118 Å². The van der Waals surface area contributed by atoms with Gasteiger partial charge in [-0.2, -0.15) is 0 Å². The highest BCUT2D eigenvalue weighted by atomic mass is 32.1. The summed E-state index contributed by atoms with van der Waals surface area (Å²) in [7, 11) is 0. The summed E-state index contributed by atoms with van der Waals surface area (Å²) in [4.78, 5) is 19.8. The number of ether oxygens (including phenoxy) is 1. The molecule has 1 amide bonds. The first-order chi connectivity index (χ1) is 8.88. The third-order valence-electron chi connectivity index (χ3n) is 3.21. The zero-order chi connectivity index (χ0) is 14.2. The number of carbonyl (C=O) groups excluding carboxylic acids is 1. The molecule has 1 aliphatic rings. The Hall–Kier alpha value is -0.940. The molecule has 0 saturated carbocycles. The van der Waals surface area contributed by atoms with Crippen LogP contribution in [-0.2, 0) is 4.74 Å². The molecule has 1 aromatic rings. The molecular formula is C14H22N2O2S. The van der Waals surface area contributed by atoms with Crippen LogP contribution < -0.4 is 0 Å². The average Bonchev–Trinajstić information content (AvgIpc) is 2.69. The zero-order valence-corrected chi connectivity index (χ0v) is 13.1. The van der Waals surface area contributed by atoms with Gasteiger partial charge >= 0.3 is 0 Å². The lowest BCUT2D eigenvalue weighted by Gasteiger charge is -2.35. The van der Waals surface area contributed by atoms with E-state index in [1.807, 2.05) is 25.7 Å². The minimum absolute atomic E-state index is 0.101. The molecule has 19 heavy (non-hydrogen) atoms. The van der Waals surface area contributed by atoms with Crippen LogP contribution in [0.1, 0.15) is 54.0 Å². The molecule has 1 fully saturated rings. The molecule has 1 saturated heterocycles. The third-order valence-corrected chi connectivity index (χ3v) is 4.65. The molecule has 4 nitrogen and oxygen atoms in total. The van der Waals surface area contributed by atoms with Gasteiger partial charge in [0.1, 0.15) is 4.88 Å². The van der Waals surface area contributed by atoms with E-state index >= 15 is 0 Å². The van der Waals surface area contributed by atoms with Crippen molar-refractivity contribution in [1.82, 2.24) is 9.88 Å². The molecule has 2 atom stereocenters. The van der Waals surface area contributed by atoms with Gasteiger partial charge in [0.25, 0.3) is 5.91 Å². The van der Waals surface area contributed by atoms with Crippen molar-refractivity contribution < 1.29 is 9.53 Å². The van der Waals surface area contributed by atoms with Gasteiger partial charge in [-0.3, -0.25) is 4.79 Å². The van der Waals surface area contributed by atoms with E-state index in [9.17, 15) is 4.79 Å². The number of carbonyl (C=O) groups is 1.